The molecule has 0 aliphatic rings. The zero-order chi connectivity index (χ0) is 12.0. The number of ether oxygens (including phenoxy) is 1. The van der Waals surface area contributed by atoms with E-state index >= 15 is 0 Å². The first-order valence-corrected chi connectivity index (χ1v) is 5.38. The molecular weight excluding hydrogens is 204 g/mol. The van der Waals surface area contributed by atoms with Crippen LogP contribution in [0, 0.1) is 5.92 Å². The lowest BCUT2D eigenvalue weighted by Crippen LogP contribution is -2.24. The molecule has 1 atom stereocenters. The van der Waals surface area contributed by atoms with Crippen LogP contribution in [0.4, 0.5) is 0 Å². The highest BCUT2D eigenvalue weighted by atomic mass is 16.5. The van der Waals surface area contributed by atoms with Crippen LogP contribution in [0.25, 0.3) is 0 Å². The van der Waals surface area contributed by atoms with E-state index in [0.29, 0.717) is 6.61 Å². The van der Waals surface area contributed by atoms with E-state index in [0.717, 1.165) is 5.56 Å². The number of hydrogen-bond acceptors (Lipinski definition) is 3. The SMILES string of the molecule is CCOC(=O)[C@H](C)C(=O)Cc1ccccc1. The van der Waals surface area contributed by atoms with Gasteiger partial charge >= 0.3 is 5.97 Å². The average molecular weight is 220 g/mol. The number of rotatable bonds is 5. The molecule has 0 saturated heterocycles. The molecule has 0 spiro atoms. The van der Waals surface area contributed by atoms with Gasteiger partial charge in [-0.1, -0.05) is 30.3 Å². The van der Waals surface area contributed by atoms with Crippen molar-refractivity contribution < 1.29 is 14.3 Å². The minimum Gasteiger partial charge on any atom is -0.465 e. The number of esters is 1. The van der Waals surface area contributed by atoms with E-state index in [9.17, 15) is 9.59 Å². The van der Waals surface area contributed by atoms with E-state index < -0.39 is 11.9 Å². The maximum atomic E-state index is 11.7. The van der Waals surface area contributed by atoms with Crippen molar-refractivity contribution in [2.45, 2.75) is 20.3 Å². The van der Waals surface area contributed by atoms with E-state index in [2.05, 4.69) is 0 Å². The van der Waals surface area contributed by atoms with Gasteiger partial charge in [0, 0.05) is 6.42 Å². The number of hydrogen-bond donors (Lipinski definition) is 0. The Hall–Kier alpha value is -1.64. The third-order valence-electron chi connectivity index (χ3n) is 2.34. The predicted molar refractivity (Wildman–Crippen MR) is 61.0 cm³/mol. The van der Waals surface area contributed by atoms with Crippen LogP contribution in [-0.4, -0.2) is 18.4 Å². The Morgan fingerprint density at radius 1 is 1.25 bits per heavy atom. The molecule has 16 heavy (non-hydrogen) atoms. The van der Waals surface area contributed by atoms with E-state index in [1.165, 1.54) is 0 Å². The largest absolute Gasteiger partial charge is 0.465 e. The fourth-order valence-corrected chi connectivity index (χ4v) is 1.35. The molecule has 3 nitrogen and oxygen atoms in total. The van der Waals surface area contributed by atoms with Crippen molar-refractivity contribution in [3.8, 4) is 0 Å². The number of Topliss-reactive ketones (excluding diaryl/α,β-unsaturated/α-hetero) is 1. The summed E-state index contributed by atoms with van der Waals surface area (Å²) in [4.78, 5) is 23.1. The molecule has 1 rings (SSSR count). The molecule has 0 radical (unpaired) electrons. The lowest BCUT2D eigenvalue weighted by Gasteiger charge is -2.09. The zero-order valence-electron chi connectivity index (χ0n) is 9.60. The molecule has 0 N–H and O–H groups in total. The number of carbonyl (C=O) groups excluding carboxylic acids is 2. The van der Waals surface area contributed by atoms with Gasteiger partial charge in [-0.05, 0) is 19.4 Å². The summed E-state index contributed by atoms with van der Waals surface area (Å²) >= 11 is 0. The summed E-state index contributed by atoms with van der Waals surface area (Å²) in [7, 11) is 0. The normalized spacial score (nSPS) is 11.9. The van der Waals surface area contributed by atoms with Crippen LogP contribution in [0.2, 0.25) is 0 Å². The van der Waals surface area contributed by atoms with Crippen molar-refractivity contribution in [2.24, 2.45) is 5.92 Å². The maximum Gasteiger partial charge on any atom is 0.316 e. The summed E-state index contributed by atoms with van der Waals surface area (Å²) in [5.74, 6) is -1.23. The highest BCUT2D eigenvalue weighted by molar-refractivity contribution is 5.99. The lowest BCUT2D eigenvalue weighted by atomic mass is 10.00. The van der Waals surface area contributed by atoms with E-state index in [-0.39, 0.29) is 12.2 Å². The van der Waals surface area contributed by atoms with Crippen LogP contribution >= 0.6 is 0 Å². The molecule has 0 fully saturated rings. The summed E-state index contributed by atoms with van der Waals surface area (Å²) in [5, 5.41) is 0. The molecule has 86 valence electrons. The quantitative estimate of drug-likeness (QED) is 0.563. The molecule has 0 amide bonds. The second-order valence-electron chi connectivity index (χ2n) is 3.60. The van der Waals surface area contributed by atoms with Gasteiger partial charge in [-0.15, -0.1) is 0 Å². The second-order valence-corrected chi connectivity index (χ2v) is 3.60. The molecule has 0 aromatic heterocycles. The molecule has 0 heterocycles. The van der Waals surface area contributed by atoms with Gasteiger partial charge in [0.2, 0.25) is 0 Å². The van der Waals surface area contributed by atoms with Crippen LogP contribution in [0.15, 0.2) is 30.3 Å². The van der Waals surface area contributed by atoms with Crippen LogP contribution < -0.4 is 0 Å². The minimum atomic E-state index is -0.680. The Labute approximate surface area is 95.4 Å². The molecular formula is C13H16O3. The van der Waals surface area contributed by atoms with Crippen LogP contribution in [-0.2, 0) is 20.7 Å². The molecule has 1 aromatic rings. The van der Waals surface area contributed by atoms with Gasteiger partial charge < -0.3 is 4.74 Å². The molecule has 0 saturated carbocycles. The molecule has 1 aromatic carbocycles. The highest BCUT2D eigenvalue weighted by Gasteiger charge is 2.22. The summed E-state index contributed by atoms with van der Waals surface area (Å²) in [6, 6.07) is 9.38. The van der Waals surface area contributed by atoms with Gasteiger partial charge in [-0.2, -0.15) is 0 Å². The first-order chi connectivity index (χ1) is 7.65. The smallest absolute Gasteiger partial charge is 0.316 e. The molecule has 0 aliphatic heterocycles. The second kappa shape index (κ2) is 6.05. The summed E-state index contributed by atoms with van der Waals surface area (Å²) in [5.41, 5.74) is 0.920. The molecule has 0 aliphatic carbocycles. The van der Waals surface area contributed by atoms with Crippen molar-refractivity contribution in [2.75, 3.05) is 6.61 Å². The Balaban J connectivity index is 2.56. The third kappa shape index (κ3) is 3.50. The maximum absolute atomic E-state index is 11.7. The van der Waals surface area contributed by atoms with Crippen molar-refractivity contribution in [1.82, 2.24) is 0 Å². The van der Waals surface area contributed by atoms with Crippen LogP contribution in [0.5, 0.6) is 0 Å². The predicted octanol–water partition coefficient (Wildman–Crippen LogP) is 2.00. The topological polar surface area (TPSA) is 43.4 Å². The fourth-order valence-electron chi connectivity index (χ4n) is 1.35. The lowest BCUT2D eigenvalue weighted by molar-refractivity contribution is -0.150. The number of benzene rings is 1. The van der Waals surface area contributed by atoms with Crippen molar-refractivity contribution in [1.29, 1.82) is 0 Å². The van der Waals surface area contributed by atoms with Gasteiger partial charge in [0.15, 0.2) is 5.78 Å². The van der Waals surface area contributed by atoms with Crippen molar-refractivity contribution in [3.05, 3.63) is 35.9 Å². The van der Waals surface area contributed by atoms with E-state index in [4.69, 9.17) is 4.74 Å². The zero-order valence-corrected chi connectivity index (χ0v) is 9.60. The molecule has 3 heteroatoms. The van der Waals surface area contributed by atoms with E-state index in [1.807, 2.05) is 30.3 Å². The van der Waals surface area contributed by atoms with Gasteiger partial charge in [0.25, 0.3) is 0 Å². The molecule has 0 unspecified atom stereocenters. The first kappa shape index (κ1) is 12.4. The number of carbonyl (C=O) groups is 2. The van der Waals surface area contributed by atoms with Gasteiger partial charge in [0.05, 0.1) is 6.61 Å². The Bertz CT molecular complexity index is 357. The van der Waals surface area contributed by atoms with Crippen LogP contribution in [0.3, 0.4) is 0 Å². The van der Waals surface area contributed by atoms with Crippen LogP contribution in [0.1, 0.15) is 19.4 Å². The first-order valence-electron chi connectivity index (χ1n) is 5.38. The Morgan fingerprint density at radius 3 is 2.44 bits per heavy atom. The standard InChI is InChI=1S/C13H16O3/c1-3-16-13(15)10(2)12(14)9-11-7-5-4-6-8-11/h4-8,10H,3,9H2,1-2H3/t10-/m1/s1. The summed E-state index contributed by atoms with van der Waals surface area (Å²) < 4.78 is 4.80. The third-order valence-corrected chi connectivity index (χ3v) is 2.34. The van der Waals surface area contributed by atoms with Gasteiger partial charge in [-0.3, -0.25) is 9.59 Å². The summed E-state index contributed by atoms with van der Waals surface area (Å²) in [6.07, 6.45) is 0.279. The Morgan fingerprint density at radius 2 is 1.88 bits per heavy atom. The Kier molecular flexibility index (Phi) is 4.70. The number of ketones is 1. The molecule has 0 bridgehead atoms. The van der Waals surface area contributed by atoms with Gasteiger partial charge in [-0.25, -0.2) is 0 Å². The minimum absolute atomic E-state index is 0.107. The average Bonchev–Trinajstić information content (AvgIpc) is 2.29. The fraction of sp³-hybridized carbons (Fsp3) is 0.385. The summed E-state index contributed by atoms with van der Waals surface area (Å²) in [6.45, 7) is 3.62. The van der Waals surface area contributed by atoms with Crippen molar-refractivity contribution in [3.63, 3.8) is 0 Å². The van der Waals surface area contributed by atoms with Crippen molar-refractivity contribution >= 4 is 11.8 Å². The monoisotopic (exact) mass is 220 g/mol. The highest BCUT2D eigenvalue weighted by Crippen LogP contribution is 2.07. The van der Waals surface area contributed by atoms with Gasteiger partial charge in [0.1, 0.15) is 5.92 Å². The van der Waals surface area contributed by atoms with E-state index in [1.54, 1.807) is 13.8 Å².